The van der Waals surface area contributed by atoms with Crippen LogP contribution >= 0.6 is 0 Å². The Morgan fingerprint density at radius 1 is 1.08 bits per heavy atom. The number of nitrogens with two attached hydrogens (primary N) is 1. The summed E-state index contributed by atoms with van der Waals surface area (Å²) in [6.45, 7) is -0.348. The molecular weight excluding hydrogens is 506 g/mol. The van der Waals surface area contributed by atoms with E-state index in [2.05, 4.69) is 15.0 Å². The van der Waals surface area contributed by atoms with Gasteiger partial charge in [0, 0.05) is 30.4 Å². The third-order valence-electron chi connectivity index (χ3n) is 5.94. The van der Waals surface area contributed by atoms with Gasteiger partial charge in [-0.25, -0.2) is 22.6 Å². The molecule has 0 spiro atoms. The smallest absolute Gasteiger partial charge is 0.300 e. The van der Waals surface area contributed by atoms with E-state index in [4.69, 9.17) is 20.4 Å². The van der Waals surface area contributed by atoms with Crippen LogP contribution in [0.4, 0.5) is 17.6 Å². The van der Waals surface area contributed by atoms with Gasteiger partial charge in [-0.05, 0) is 41.5 Å². The molecule has 38 heavy (non-hydrogen) atoms. The number of aliphatic imine (C=N–C) groups is 2. The number of aromatic nitrogens is 1. The number of nitrogens with zero attached hydrogens (tertiary/aromatic N) is 4. The average molecular weight is 529 g/mol. The van der Waals surface area contributed by atoms with Gasteiger partial charge >= 0.3 is 0 Å². The number of pyridine rings is 1. The van der Waals surface area contributed by atoms with Gasteiger partial charge in [0.05, 0.1) is 13.7 Å². The van der Waals surface area contributed by atoms with Crippen LogP contribution in [0.15, 0.2) is 70.9 Å². The zero-order chi connectivity index (χ0) is 27.7. The van der Waals surface area contributed by atoms with Crippen LogP contribution in [0.2, 0.25) is 0 Å². The quantitative estimate of drug-likeness (QED) is 0.493. The van der Waals surface area contributed by atoms with Gasteiger partial charge in [-0.3, -0.25) is 19.7 Å². The number of carboxylic acids is 1. The van der Waals surface area contributed by atoms with E-state index in [0.29, 0.717) is 11.1 Å². The van der Waals surface area contributed by atoms with E-state index < -0.39 is 42.2 Å². The molecule has 0 radical (unpaired) electrons. The first-order valence-corrected chi connectivity index (χ1v) is 11.3. The number of halogens is 4. The Balaban J connectivity index is 0.000000786. The first-order valence-electron chi connectivity index (χ1n) is 11.3. The van der Waals surface area contributed by atoms with Gasteiger partial charge in [-0.15, -0.1) is 0 Å². The predicted octanol–water partition coefficient (Wildman–Crippen LogP) is 4.05. The second-order valence-corrected chi connectivity index (χ2v) is 8.53. The maximum Gasteiger partial charge on any atom is 0.300 e. The van der Waals surface area contributed by atoms with Gasteiger partial charge in [0.25, 0.3) is 11.9 Å². The van der Waals surface area contributed by atoms with E-state index in [1.807, 2.05) is 0 Å². The molecule has 198 valence electrons. The number of alkyl halides is 2. The summed E-state index contributed by atoms with van der Waals surface area (Å²) >= 11 is 0. The number of methoxy groups -OCH3 is 1. The molecule has 5 rings (SSSR count). The average Bonchev–Trinajstić information content (AvgIpc) is 3.16. The van der Waals surface area contributed by atoms with Crippen LogP contribution in [-0.4, -0.2) is 58.9 Å². The Morgan fingerprint density at radius 2 is 1.76 bits per heavy atom. The van der Waals surface area contributed by atoms with Crippen LogP contribution in [0.5, 0.6) is 5.75 Å². The first kappa shape index (κ1) is 26.6. The van der Waals surface area contributed by atoms with E-state index in [0.717, 1.165) is 6.92 Å². The highest BCUT2D eigenvalue weighted by atomic mass is 19.3. The summed E-state index contributed by atoms with van der Waals surface area (Å²) in [4.78, 5) is 22.9. The van der Waals surface area contributed by atoms with E-state index in [1.54, 1.807) is 18.2 Å². The largest absolute Gasteiger partial charge is 0.494 e. The number of ether oxygens (including phenoxy) is 1. The van der Waals surface area contributed by atoms with Gasteiger partial charge < -0.3 is 15.6 Å². The molecule has 12 heteroatoms. The molecule has 8 nitrogen and oxygen atoms in total. The van der Waals surface area contributed by atoms with Crippen molar-refractivity contribution in [3.8, 4) is 16.9 Å². The van der Waals surface area contributed by atoms with Crippen molar-refractivity contribution in [2.24, 2.45) is 15.7 Å². The maximum absolute atomic E-state index is 15.0. The standard InChI is InChI=1S/C24H19F4N5O.C2H4O2/c1-34-19-4-2-3-16(20(19)26)17-11-15(5-6-18(17)25)24(14-7-9-30-10-8-14)21-31-12-23(27,28)13-33(21)22(29)32-24;1-2(3)4/h2-11H,12-13H2,1H3,(H2,29,32);1H3,(H,3,4). The lowest BCUT2D eigenvalue weighted by atomic mass is 9.81. The Morgan fingerprint density at radius 3 is 2.42 bits per heavy atom. The van der Waals surface area contributed by atoms with Gasteiger partial charge in [0.1, 0.15) is 18.2 Å². The van der Waals surface area contributed by atoms with Crippen molar-refractivity contribution < 1.29 is 32.2 Å². The molecule has 2 aromatic carbocycles. The number of rotatable bonds is 4. The summed E-state index contributed by atoms with van der Waals surface area (Å²) in [6.07, 6.45) is 3.05. The van der Waals surface area contributed by atoms with Crippen LogP contribution in [0.3, 0.4) is 0 Å². The molecule has 0 amide bonds. The van der Waals surface area contributed by atoms with Gasteiger partial charge in [0.2, 0.25) is 0 Å². The number of amidine groups is 1. The van der Waals surface area contributed by atoms with Crippen LogP contribution in [-0.2, 0) is 10.3 Å². The molecule has 3 aromatic rings. The summed E-state index contributed by atoms with van der Waals surface area (Å²) in [6, 6.07) is 11.8. The summed E-state index contributed by atoms with van der Waals surface area (Å²) in [5.74, 6) is -5.33. The lowest BCUT2D eigenvalue weighted by Gasteiger charge is -2.35. The van der Waals surface area contributed by atoms with Crippen LogP contribution in [0.1, 0.15) is 18.1 Å². The van der Waals surface area contributed by atoms with E-state index >= 15 is 4.39 Å². The molecule has 0 aliphatic carbocycles. The number of carboxylic acid groups (broad SMARTS) is 1. The SMILES string of the molecule is CC(=O)O.COc1cccc(-c2cc(C3(c4ccncc4)N=C(N)N4CC(F)(F)CN=C43)ccc2F)c1F. The molecule has 2 aliphatic rings. The molecule has 1 atom stereocenters. The molecule has 0 saturated heterocycles. The molecule has 0 fully saturated rings. The van der Waals surface area contributed by atoms with E-state index in [-0.39, 0.29) is 28.7 Å². The van der Waals surface area contributed by atoms with Gasteiger partial charge in [-0.1, -0.05) is 18.2 Å². The lowest BCUT2D eigenvalue weighted by Crippen LogP contribution is -2.53. The highest BCUT2D eigenvalue weighted by Crippen LogP contribution is 2.44. The van der Waals surface area contributed by atoms with Crippen molar-refractivity contribution in [3.05, 3.63) is 83.7 Å². The topological polar surface area (TPSA) is 113 Å². The van der Waals surface area contributed by atoms with E-state index in [9.17, 15) is 13.2 Å². The summed E-state index contributed by atoms with van der Waals surface area (Å²) in [5, 5.41) is 7.42. The van der Waals surface area contributed by atoms with Gasteiger partial charge in [0.15, 0.2) is 23.1 Å². The molecule has 2 aliphatic heterocycles. The zero-order valence-corrected chi connectivity index (χ0v) is 20.3. The lowest BCUT2D eigenvalue weighted by molar-refractivity contribution is -0.134. The van der Waals surface area contributed by atoms with Crippen molar-refractivity contribution in [1.29, 1.82) is 0 Å². The number of fused-ring (bicyclic) bond motifs is 1. The third-order valence-corrected chi connectivity index (χ3v) is 5.94. The fraction of sp³-hybridized carbons (Fsp3) is 0.231. The summed E-state index contributed by atoms with van der Waals surface area (Å²) < 4.78 is 63.3. The Kier molecular flexibility index (Phi) is 7.07. The van der Waals surface area contributed by atoms with Crippen molar-refractivity contribution >= 4 is 17.8 Å². The molecule has 1 aromatic heterocycles. The fourth-order valence-electron chi connectivity index (χ4n) is 4.39. The van der Waals surface area contributed by atoms with Gasteiger partial charge in [-0.2, -0.15) is 0 Å². The minimum absolute atomic E-state index is 0.0208. The van der Waals surface area contributed by atoms with Crippen molar-refractivity contribution in [2.45, 2.75) is 18.4 Å². The number of guanidine groups is 1. The number of benzene rings is 2. The zero-order valence-electron chi connectivity index (χ0n) is 20.3. The van der Waals surface area contributed by atoms with Crippen molar-refractivity contribution in [1.82, 2.24) is 9.88 Å². The Hall–Kier alpha value is -4.48. The van der Waals surface area contributed by atoms with E-state index in [1.165, 1.54) is 54.7 Å². The molecular formula is C26H23F4N5O3. The van der Waals surface area contributed by atoms with Crippen molar-refractivity contribution in [3.63, 3.8) is 0 Å². The Bertz CT molecular complexity index is 1430. The van der Waals surface area contributed by atoms with Crippen LogP contribution < -0.4 is 10.5 Å². The molecule has 3 heterocycles. The molecule has 1 unspecified atom stereocenters. The van der Waals surface area contributed by atoms with Crippen LogP contribution in [0, 0.1) is 11.6 Å². The second kappa shape index (κ2) is 10.1. The van der Waals surface area contributed by atoms with Crippen LogP contribution in [0.25, 0.3) is 11.1 Å². The minimum atomic E-state index is -3.09. The molecule has 0 bridgehead atoms. The number of hydrogen-bond donors (Lipinski definition) is 2. The maximum atomic E-state index is 15.0. The minimum Gasteiger partial charge on any atom is -0.494 e. The highest BCUT2D eigenvalue weighted by molar-refractivity contribution is 6.12. The monoisotopic (exact) mass is 529 g/mol. The second-order valence-electron chi connectivity index (χ2n) is 8.53. The Labute approximate surface area is 215 Å². The summed E-state index contributed by atoms with van der Waals surface area (Å²) in [5.41, 5.74) is 5.51. The molecule has 3 N–H and O–H groups in total. The summed E-state index contributed by atoms with van der Waals surface area (Å²) in [7, 11) is 1.31. The number of aliphatic carboxylic acids is 1. The highest BCUT2D eigenvalue weighted by Gasteiger charge is 2.53. The number of carbonyl (C=O) groups is 1. The fourth-order valence-corrected chi connectivity index (χ4v) is 4.39. The number of hydrogen-bond acceptors (Lipinski definition) is 7. The first-order chi connectivity index (χ1) is 18.0. The third kappa shape index (κ3) is 4.76. The predicted molar refractivity (Wildman–Crippen MR) is 132 cm³/mol. The normalized spacial score (nSPS) is 19.5. The van der Waals surface area contributed by atoms with Crippen molar-refractivity contribution in [2.75, 3.05) is 20.2 Å². The molecule has 0 saturated carbocycles.